The number of nitrogens with one attached hydrogen (secondary N) is 1. The second-order valence-corrected chi connectivity index (χ2v) is 6.92. The molecule has 122 valence electrons. The van der Waals surface area contributed by atoms with Crippen LogP contribution < -0.4 is 5.32 Å². The zero-order valence-corrected chi connectivity index (χ0v) is 14.0. The van der Waals surface area contributed by atoms with Crippen molar-refractivity contribution in [3.63, 3.8) is 0 Å². The highest BCUT2D eigenvalue weighted by atomic mass is 32.1. The molecule has 2 aromatic heterocycles. The molecule has 1 aromatic carbocycles. The maximum atomic E-state index is 12.2. The molecule has 2 heterocycles. The average molecular weight is 338 g/mol. The third-order valence-corrected chi connectivity index (χ3v) is 5.10. The molecule has 1 aliphatic rings. The van der Waals surface area contributed by atoms with E-state index in [0.29, 0.717) is 24.6 Å². The molecule has 3 aromatic rings. The Morgan fingerprint density at radius 1 is 1.29 bits per heavy atom. The monoisotopic (exact) mass is 338 g/mol. The fourth-order valence-electron chi connectivity index (χ4n) is 2.54. The summed E-state index contributed by atoms with van der Waals surface area (Å²) in [6.07, 6.45) is 6.19. The molecule has 0 atom stereocenters. The Morgan fingerprint density at radius 3 is 2.83 bits per heavy atom. The Labute approximate surface area is 144 Å². The van der Waals surface area contributed by atoms with Gasteiger partial charge in [-0.25, -0.2) is 4.98 Å². The summed E-state index contributed by atoms with van der Waals surface area (Å²) in [6.45, 7) is 1.19. The van der Waals surface area contributed by atoms with Gasteiger partial charge in [-0.3, -0.25) is 9.48 Å². The molecule has 0 aliphatic heterocycles. The second kappa shape index (κ2) is 6.57. The molecule has 1 aliphatic carbocycles. The van der Waals surface area contributed by atoms with E-state index in [9.17, 15) is 4.79 Å². The molecule has 0 saturated heterocycles. The summed E-state index contributed by atoms with van der Waals surface area (Å²) in [5.41, 5.74) is 2.73. The van der Waals surface area contributed by atoms with Gasteiger partial charge < -0.3 is 5.32 Å². The topological polar surface area (TPSA) is 59.8 Å². The van der Waals surface area contributed by atoms with Crippen LogP contribution in [0.25, 0.3) is 0 Å². The number of aromatic nitrogens is 3. The Bertz CT molecular complexity index is 819. The maximum absolute atomic E-state index is 12.2. The summed E-state index contributed by atoms with van der Waals surface area (Å²) >= 11 is 1.70. The summed E-state index contributed by atoms with van der Waals surface area (Å²) in [5, 5.41) is 10.4. The summed E-state index contributed by atoms with van der Waals surface area (Å²) in [6, 6.07) is 9.53. The van der Waals surface area contributed by atoms with Gasteiger partial charge in [0.05, 0.1) is 23.8 Å². The molecule has 1 fully saturated rings. The Balaban J connectivity index is 1.33. The quantitative estimate of drug-likeness (QED) is 0.751. The molecule has 0 unspecified atom stereocenters. The molecular weight excluding hydrogens is 320 g/mol. The number of thiazole rings is 1. The van der Waals surface area contributed by atoms with Crippen LogP contribution in [-0.4, -0.2) is 20.7 Å². The smallest absolute Gasteiger partial charge is 0.251 e. The third kappa shape index (κ3) is 3.54. The van der Waals surface area contributed by atoms with Crippen molar-refractivity contribution in [2.75, 3.05) is 0 Å². The SMILES string of the molecule is O=C(NCc1csc(C2CC2)n1)c1ccc(Cn2cccn2)cc1. The van der Waals surface area contributed by atoms with Crippen LogP contribution in [-0.2, 0) is 13.1 Å². The van der Waals surface area contributed by atoms with Crippen LogP contribution >= 0.6 is 11.3 Å². The summed E-state index contributed by atoms with van der Waals surface area (Å²) < 4.78 is 1.86. The van der Waals surface area contributed by atoms with E-state index < -0.39 is 0 Å². The van der Waals surface area contributed by atoms with Gasteiger partial charge in [0.1, 0.15) is 0 Å². The van der Waals surface area contributed by atoms with Crippen molar-refractivity contribution in [2.45, 2.75) is 31.8 Å². The van der Waals surface area contributed by atoms with Gasteiger partial charge in [-0.15, -0.1) is 11.3 Å². The Kier molecular flexibility index (Phi) is 4.13. The van der Waals surface area contributed by atoms with E-state index in [1.165, 1.54) is 17.8 Å². The highest BCUT2D eigenvalue weighted by Crippen LogP contribution is 2.41. The molecule has 1 amide bonds. The van der Waals surface area contributed by atoms with Crippen molar-refractivity contribution in [3.8, 4) is 0 Å². The standard InChI is InChI=1S/C18H18N4OS/c23-17(19-10-16-12-24-18(21-16)15-6-7-15)14-4-2-13(3-5-14)11-22-9-1-8-20-22/h1-5,8-9,12,15H,6-7,10-11H2,(H,19,23). The molecule has 0 radical (unpaired) electrons. The minimum absolute atomic E-state index is 0.0680. The molecule has 0 bridgehead atoms. The first-order valence-electron chi connectivity index (χ1n) is 8.07. The lowest BCUT2D eigenvalue weighted by molar-refractivity contribution is 0.0950. The van der Waals surface area contributed by atoms with E-state index in [2.05, 4.69) is 15.4 Å². The first-order valence-corrected chi connectivity index (χ1v) is 8.95. The van der Waals surface area contributed by atoms with Crippen molar-refractivity contribution in [3.05, 3.63) is 69.9 Å². The van der Waals surface area contributed by atoms with Crippen LogP contribution in [0, 0.1) is 0 Å². The number of carbonyl (C=O) groups excluding carboxylic acids is 1. The first-order chi connectivity index (χ1) is 11.8. The molecule has 4 rings (SSSR count). The van der Waals surface area contributed by atoms with Crippen molar-refractivity contribution >= 4 is 17.2 Å². The molecule has 1 N–H and O–H groups in total. The third-order valence-electron chi connectivity index (χ3n) is 4.05. The Morgan fingerprint density at radius 2 is 2.12 bits per heavy atom. The van der Waals surface area contributed by atoms with Crippen LogP contribution in [0.4, 0.5) is 0 Å². The first kappa shape index (κ1) is 15.1. The number of hydrogen-bond donors (Lipinski definition) is 1. The molecule has 1 saturated carbocycles. The highest BCUT2D eigenvalue weighted by Gasteiger charge is 2.26. The summed E-state index contributed by atoms with van der Waals surface area (Å²) in [5.74, 6) is 0.600. The van der Waals surface area contributed by atoms with E-state index in [-0.39, 0.29) is 5.91 Å². The lowest BCUT2D eigenvalue weighted by Crippen LogP contribution is -2.23. The van der Waals surface area contributed by atoms with Crippen LogP contribution in [0.5, 0.6) is 0 Å². The van der Waals surface area contributed by atoms with Crippen LogP contribution in [0.1, 0.15) is 45.4 Å². The lowest BCUT2D eigenvalue weighted by atomic mass is 10.1. The maximum Gasteiger partial charge on any atom is 0.251 e. The van der Waals surface area contributed by atoms with Crippen LogP contribution in [0.2, 0.25) is 0 Å². The lowest BCUT2D eigenvalue weighted by Gasteiger charge is -2.06. The van der Waals surface area contributed by atoms with Crippen LogP contribution in [0.3, 0.4) is 0 Å². The molecule has 5 nitrogen and oxygen atoms in total. The number of nitrogens with zero attached hydrogens (tertiary/aromatic N) is 3. The second-order valence-electron chi connectivity index (χ2n) is 6.03. The normalized spacial score (nSPS) is 13.8. The summed E-state index contributed by atoms with van der Waals surface area (Å²) in [7, 11) is 0. The van der Waals surface area contributed by atoms with E-state index in [0.717, 1.165) is 11.3 Å². The van der Waals surface area contributed by atoms with Gasteiger partial charge in [0.15, 0.2) is 0 Å². The molecule has 0 spiro atoms. The van der Waals surface area contributed by atoms with E-state index in [4.69, 9.17) is 0 Å². The number of hydrogen-bond acceptors (Lipinski definition) is 4. The van der Waals surface area contributed by atoms with Gasteiger partial charge in [-0.1, -0.05) is 12.1 Å². The highest BCUT2D eigenvalue weighted by molar-refractivity contribution is 7.09. The van der Waals surface area contributed by atoms with Crippen LogP contribution in [0.15, 0.2) is 48.1 Å². The minimum Gasteiger partial charge on any atom is -0.346 e. The Hall–Kier alpha value is -2.47. The van der Waals surface area contributed by atoms with Gasteiger partial charge in [-0.2, -0.15) is 5.10 Å². The van der Waals surface area contributed by atoms with E-state index in [1.54, 1.807) is 17.5 Å². The van der Waals surface area contributed by atoms with Crippen molar-refractivity contribution in [2.24, 2.45) is 0 Å². The molecule has 6 heteroatoms. The predicted molar refractivity (Wildman–Crippen MR) is 93.0 cm³/mol. The molecule has 24 heavy (non-hydrogen) atoms. The van der Waals surface area contributed by atoms with Gasteiger partial charge >= 0.3 is 0 Å². The van der Waals surface area contributed by atoms with Gasteiger partial charge in [-0.05, 0) is 36.6 Å². The van der Waals surface area contributed by atoms with Gasteiger partial charge in [0.25, 0.3) is 5.91 Å². The molecular formula is C18H18N4OS. The number of benzene rings is 1. The van der Waals surface area contributed by atoms with E-state index in [1.807, 2.05) is 46.6 Å². The fraction of sp³-hybridized carbons (Fsp3) is 0.278. The van der Waals surface area contributed by atoms with Gasteiger partial charge in [0, 0.05) is 29.3 Å². The largest absolute Gasteiger partial charge is 0.346 e. The number of rotatable bonds is 6. The van der Waals surface area contributed by atoms with Crippen molar-refractivity contribution < 1.29 is 4.79 Å². The van der Waals surface area contributed by atoms with Crippen molar-refractivity contribution in [1.82, 2.24) is 20.1 Å². The minimum atomic E-state index is -0.0680. The van der Waals surface area contributed by atoms with Crippen molar-refractivity contribution in [1.29, 1.82) is 0 Å². The zero-order valence-electron chi connectivity index (χ0n) is 13.2. The van der Waals surface area contributed by atoms with Gasteiger partial charge in [0.2, 0.25) is 0 Å². The average Bonchev–Trinajstić information content (AvgIpc) is 3.13. The number of carbonyl (C=O) groups is 1. The summed E-state index contributed by atoms with van der Waals surface area (Å²) in [4.78, 5) is 16.8. The predicted octanol–water partition coefficient (Wildman–Crippen LogP) is 3.20. The number of amides is 1. The fourth-order valence-corrected chi connectivity index (χ4v) is 3.53. The zero-order chi connectivity index (χ0) is 16.4. The van der Waals surface area contributed by atoms with E-state index >= 15 is 0 Å².